The van der Waals surface area contributed by atoms with E-state index in [0.717, 1.165) is 20.6 Å². The van der Waals surface area contributed by atoms with Crippen molar-refractivity contribution in [1.29, 1.82) is 0 Å². The highest BCUT2D eigenvalue weighted by Crippen LogP contribution is 2.31. The van der Waals surface area contributed by atoms with Crippen molar-refractivity contribution in [1.82, 2.24) is 10.3 Å². The largest absolute Gasteiger partial charge is 0.357 e. The highest BCUT2D eigenvalue weighted by Gasteiger charge is 2.13. The molecule has 0 atom stereocenters. The summed E-state index contributed by atoms with van der Waals surface area (Å²) in [7, 11) is 0. The van der Waals surface area contributed by atoms with Crippen LogP contribution in [-0.2, 0) is 11.3 Å². The fraction of sp³-hybridized carbons (Fsp3) is 0.429. The molecule has 0 aromatic carbocycles. The van der Waals surface area contributed by atoms with Crippen molar-refractivity contribution in [2.45, 2.75) is 39.8 Å². The molecule has 0 aliphatic rings. The first-order valence-electron chi connectivity index (χ1n) is 6.41. The molecule has 0 bridgehead atoms. The van der Waals surface area contributed by atoms with Gasteiger partial charge in [-0.15, -0.1) is 22.7 Å². The van der Waals surface area contributed by atoms with Gasteiger partial charge in [-0.05, 0) is 32.9 Å². The Morgan fingerprint density at radius 2 is 2.10 bits per heavy atom. The van der Waals surface area contributed by atoms with Gasteiger partial charge in [-0.25, -0.2) is 4.98 Å². The minimum Gasteiger partial charge on any atom is -0.357 e. The van der Waals surface area contributed by atoms with Gasteiger partial charge >= 0.3 is 0 Å². The SMILES string of the molecule is CC(=O)NCc1ccc(-c2csc(NC(C)(C)C)n2)s1. The molecule has 6 heteroatoms. The highest BCUT2D eigenvalue weighted by atomic mass is 32.1. The molecule has 0 aliphatic carbocycles. The first-order valence-corrected chi connectivity index (χ1v) is 8.10. The van der Waals surface area contributed by atoms with Crippen LogP contribution < -0.4 is 10.6 Å². The van der Waals surface area contributed by atoms with Crippen LogP contribution in [0.1, 0.15) is 32.6 Å². The lowest BCUT2D eigenvalue weighted by Crippen LogP contribution is -2.25. The third-order valence-corrected chi connectivity index (χ3v) is 4.28. The van der Waals surface area contributed by atoms with Gasteiger partial charge in [0.05, 0.1) is 17.1 Å². The van der Waals surface area contributed by atoms with Crippen LogP contribution in [0.5, 0.6) is 0 Å². The van der Waals surface area contributed by atoms with Gasteiger partial charge < -0.3 is 10.6 Å². The van der Waals surface area contributed by atoms with Gasteiger partial charge in [0, 0.05) is 22.7 Å². The van der Waals surface area contributed by atoms with Gasteiger partial charge in [-0.2, -0.15) is 0 Å². The number of aromatic nitrogens is 1. The van der Waals surface area contributed by atoms with Gasteiger partial charge in [-0.3, -0.25) is 4.79 Å². The minimum absolute atomic E-state index is 0.00901. The number of thiophene rings is 1. The fourth-order valence-electron chi connectivity index (χ4n) is 1.59. The predicted molar refractivity (Wildman–Crippen MR) is 86.3 cm³/mol. The molecule has 1 amide bonds. The number of anilines is 1. The van der Waals surface area contributed by atoms with Crippen molar-refractivity contribution >= 4 is 33.7 Å². The monoisotopic (exact) mass is 309 g/mol. The third-order valence-electron chi connectivity index (χ3n) is 2.41. The van der Waals surface area contributed by atoms with E-state index < -0.39 is 0 Å². The smallest absolute Gasteiger partial charge is 0.217 e. The average molecular weight is 309 g/mol. The van der Waals surface area contributed by atoms with Crippen LogP contribution in [0.4, 0.5) is 5.13 Å². The summed E-state index contributed by atoms with van der Waals surface area (Å²) in [6, 6.07) is 4.09. The zero-order chi connectivity index (χ0) is 14.8. The number of rotatable bonds is 4. The van der Waals surface area contributed by atoms with Crippen LogP contribution >= 0.6 is 22.7 Å². The molecule has 2 aromatic rings. The van der Waals surface area contributed by atoms with E-state index in [2.05, 4.69) is 47.8 Å². The summed E-state index contributed by atoms with van der Waals surface area (Å²) in [5.74, 6) is -0.00901. The van der Waals surface area contributed by atoms with Gasteiger partial charge in [-0.1, -0.05) is 0 Å². The molecule has 108 valence electrons. The molecule has 0 spiro atoms. The molecular weight excluding hydrogens is 290 g/mol. The molecule has 2 N–H and O–H groups in total. The van der Waals surface area contributed by atoms with Gasteiger partial charge in [0.25, 0.3) is 0 Å². The Morgan fingerprint density at radius 1 is 1.35 bits per heavy atom. The molecule has 2 rings (SSSR count). The van der Waals surface area contributed by atoms with Crippen molar-refractivity contribution in [3.8, 4) is 10.6 Å². The van der Waals surface area contributed by atoms with Crippen molar-refractivity contribution < 1.29 is 4.79 Å². The van der Waals surface area contributed by atoms with E-state index in [1.165, 1.54) is 6.92 Å². The Balaban J connectivity index is 2.06. The maximum Gasteiger partial charge on any atom is 0.217 e. The van der Waals surface area contributed by atoms with E-state index in [1.807, 2.05) is 6.07 Å². The maximum atomic E-state index is 10.9. The Hall–Kier alpha value is -1.40. The van der Waals surface area contributed by atoms with E-state index in [4.69, 9.17) is 0 Å². The average Bonchev–Trinajstić information content (AvgIpc) is 2.92. The first kappa shape index (κ1) is 15.0. The highest BCUT2D eigenvalue weighted by molar-refractivity contribution is 7.17. The summed E-state index contributed by atoms with van der Waals surface area (Å²) in [5, 5.41) is 9.17. The Labute approximate surface area is 127 Å². The number of amides is 1. The number of thiazole rings is 1. The molecule has 0 radical (unpaired) electrons. The van der Waals surface area contributed by atoms with E-state index in [-0.39, 0.29) is 11.4 Å². The standard InChI is InChI=1S/C14H19N3OS2/c1-9(18)15-7-10-5-6-12(20-10)11-8-19-13(16-11)17-14(2,3)4/h5-6,8H,7H2,1-4H3,(H,15,18)(H,16,17). The number of hydrogen-bond acceptors (Lipinski definition) is 5. The molecule has 0 aliphatic heterocycles. The van der Waals surface area contributed by atoms with Crippen molar-refractivity contribution in [2.24, 2.45) is 0 Å². The number of carbonyl (C=O) groups is 1. The Morgan fingerprint density at radius 3 is 2.75 bits per heavy atom. The van der Waals surface area contributed by atoms with Crippen molar-refractivity contribution in [2.75, 3.05) is 5.32 Å². The second kappa shape index (κ2) is 5.93. The molecular formula is C14H19N3OS2. The minimum atomic E-state index is -0.00901. The van der Waals surface area contributed by atoms with E-state index in [9.17, 15) is 4.79 Å². The Bertz CT molecular complexity index is 596. The topological polar surface area (TPSA) is 54.0 Å². The van der Waals surface area contributed by atoms with Gasteiger partial charge in [0.2, 0.25) is 5.91 Å². The normalized spacial score (nSPS) is 11.4. The summed E-state index contributed by atoms with van der Waals surface area (Å²) >= 11 is 3.27. The van der Waals surface area contributed by atoms with Crippen LogP contribution in [-0.4, -0.2) is 16.4 Å². The molecule has 4 nitrogen and oxygen atoms in total. The van der Waals surface area contributed by atoms with Gasteiger partial charge in [0.15, 0.2) is 5.13 Å². The quantitative estimate of drug-likeness (QED) is 0.905. The lowest BCUT2D eigenvalue weighted by molar-refractivity contribution is -0.119. The molecule has 0 saturated heterocycles. The number of carbonyl (C=O) groups excluding carboxylic acids is 1. The number of nitrogens with zero attached hydrogens (tertiary/aromatic N) is 1. The molecule has 20 heavy (non-hydrogen) atoms. The van der Waals surface area contributed by atoms with E-state index in [0.29, 0.717) is 6.54 Å². The molecule has 2 heterocycles. The zero-order valence-electron chi connectivity index (χ0n) is 12.1. The predicted octanol–water partition coefficient (Wildman–Crippen LogP) is 3.72. The summed E-state index contributed by atoms with van der Waals surface area (Å²) in [4.78, 5) is 17.8. The van der Waals surface area contributed by atoms with E-state index >= 15 is 0 Å². The maximum absolute atomic E-state index is 10.9. The Kier molecular flexibility index (Phi) is 4.45. The van der Waals surface area contributed by atoms with Gasteiger partial charge in [0.1, 0.15) is 0 Å². The van der Waals surface area contributed by atoms with E-state index in [1.54, 1.807) is 22.7 Å². The third kappa shape index (κ3) is 4.31. The first-order chi connectivity index (χ1) is 9.33. The molecule has 0 saturated carbocycles. The van der Waals surface area contributed by atoms with Crippen molar-refractivity contribution in [3.63, 3.8) is 0 Å². The fourth-order valence-corrected chi connectivity index (χ4v) is 3.49. The second-order valence-electron chi connectivity index (χ2n) is 5.59. The summed E-state index contributed by atoms with van der Waals surface area (Å²) < 4.78 is 0. The van der Waals surface area contributed by atoms with Crippen LogP contribution in [0.25, 0.3) is 10.6 Å². The zero-order valence-corrected chi connectivity index (χ0v) is 13.7. The number of hydrogen-bond donors (Lipinski definition) is 2. The lowest BCUT2D eigenvalue weighted by Gasteiger charge is -2.19. The van der Waals surface area contributed by atoms with Crippen LogP contribution in [0.2, 0.25) is 0 Å². The molecule has 0 unspecified atom stereocenters. The molecule has 2 aromatic heterocycles. The van der Waals surface area contributed by atoms with Crippen molar-refractivity contribution in [3.05, 3.63) is 22.4 Å². The van der Waals surface area contributed by atoms with Crippen LogP contribution in [0.3, 0.4) is 0 Å². The summed E-state index contributed by atoms with van der Waals surface area (Å²) in [6.45, 7) is 8.46. The second-order valence-corrected chi connectivity index (χ2v) is 7.62. The number of nitrogens with one attached hydrogen (secondary N) is 2. The summed E-state index contributed by atoms with van der Waals surface area (Å²) in [5.41, 5.74) is 1.00. The summed E-state index contributed by atoms with van der Waals surface area (Å²) in [6.07, 6.45) is 0. The molecule has 0 fully saturated rings. The van der Waals surface area contributed by atoms with Crippen LogP contribution in [0, 0.1) is 0 Å². The van der Waals surface area contributed by atoms with Crippen LogP contribution in [0.15, 0.2) is 17.5 Å². The lowest BCUT2D eigenvalue weighted by atomic mass is 10.1.